The van der Waals surface area contributed by atoms with Crippen molar-refractivity contribution >= 4 is 30.8 Å². The zero-order valence-corrected chi connectivity index (χ0v) is 24.4. The van der Waals surface area contributed by atoms with Crippen LogP contribution in [0.1, 0.15) is 85.0 Å². The van der Waals surface area contributed by atoms with E-state index in [4.69, 9.17) is 9.47 Å². The molecule has 1 aliphatic carbocycles. The normalized spacial score (nSPS) is 14.5. The molecule has 0 saturated carbocycles. The number of halogens is 2. The maximum atomic E-state index is 12.1. The fourth-order valence-electron chi connectivity index (χ4n) is 4.68. The van der Waals surface area contributed by atoms with Crippen molar-refractivity contribution in [2.24, 2.45) is 0 Å². The van der Waals surface area contributed by atoms with Gasteiger partial charge in [-0.25, -0.2) is 9.78 Å². The molecule has 0 radical (unpaired) electrons. The van der Waals surface area contributed by atoms with Crippen molar-refractivity contribution in [2.75, 3.05) is 13.2 Å². The molecule has 0 spiro atoms. The number of rotatable bonds is 9. The summed E-state index contributed by atoms with van der Waals surface area (Å²) in [6.07, 6.45) is 3.89. The second kappa shape index (κ2) is 14.5. The van der Waals surface area contributed by atoms with Gasteiger partial charge in [0.2, 0.25) is 0 Å². The Hall–Kier alpha value is -2.60. The summed E-state index contributed by atoms with van der Waals surface area (Å²) < 4.78 is 11.3. The maximum Gasteiger partial charge on any atom is 0.356 e. The molecule has 1 aromatic heterocycles. The Bertz CT molecular complexity index is 1180. The van der Waals surface area contributed by atoms with Gasteiger partial charge in [-0.2, -0.15) is 0 Å². The molecule has 206 valence electrons. The summed E-state index contributed by atoms with van der Waals surface area (Å²) in [5.74, 6) is 0.584. The van der Waals surface area contributed by atoms with Crippen LogP contribution in [0.5, 0.6) is 5.75 Å². The minimum atomic E-state index is -0.350. The van der Waals surface area contributed by atoms with Crippen molar-refractivity contribution in [1.82, 2.24) is 10.3 Å². The predicted molar refractivity (Wildman–Crippen MR) is 158 cm³/mol. The highest BCUT2D eigenvalue weighted by Gasteiger charge is 2.22. The van der Waals surface area contributed by atoms with E-state index in [2.05, 4.69) is 73.5 Å². The fourth-order valence-corrected chi connectivity index (χ4v) is 4.68. The number of esters is 1. The van der Waals surface area contributed by atoms with Crippen LogP contribution in [0.4, 0.5) is 0 Å². The zero-order valence-electron chi connectivity index (χ0n) is 22.8. The Kier molecular flexibility index (Phi) is 12.1. The van der Waals surface area contributed by atoms with Gasteiger partial charge >= 0.3 is 5.97 Å². The molecule has 2 aromatic carbocycles. The summed E-state index contributed by atoms with van der Waals surface area (Å²) >= 11 is 0. The van der Waals surface area contributed by atoms with Gasteiger partial charge in [-0.05, 0) is 79.0 Å². The number of nitrogens with one attached hydrogen (secondary N) is 1. The van der Waals surface area contributed by atoms with Crippen LogP contribution in [0.2, 0.25) is 0 Å². The number of aryl methyl sites for hydroxylation is 1. The number of pyridine rings is 1. The van der Waals surface area contributed by atoms with E-state index in [0.29, 0.717) is 18.9 Å². The van der Waals surface area contributed by atoms with E-state index in [0.717, 1.165) is 43.7 Å². The third-order valence-corrected chi connectivity index (χ3v) is 6.75. The lowest BCUT2D eigenvalue weighted by Crippen LogP contribution is -2.28. The lowest BCUT2D eigenvalue weighted by Gasteiger charge is -2.26. The molecule has 38 heavy (non-hydrogen) atoms. The summed E-state index contributed by atoms with van der Waals surface area (Å²) in [6.45, 7) is 10.2. The van der Waals surface area contributed by atoms with Crippen LogP contribution in [-0.2, 0) is 29.6 Å². The number of para-hydroxylation sites is 1. The quantitative estimate of drug-likeness (QED) is 0.281. The molecular weight excluding hydrogens is 519 g/mol. The van der Waals surface area contributed by atoms with Crippen molar-refractivity contribution in [3.8, 4) is 5.75 Å². The van der Waals surface area contributed by atoms with Crippen LogP contribution in [-0.4, -0.2) is 24.1 Å². The first-order valence-electron chi connectivity index (χ1n) is 13.1. The smallest absolute Gasteiger partial charge is 0.356 e. The molecule has 0 aliphatic heterocycles. The van der Waals surface area contributed by atoms with Crippen molar-refractivity contribution in [3.63, 3.8) is 0 Å². The summed E-state index contributed by atoms with van der Waals surface area (Å²) in [4.78, 5) is 16.7. The Morgan fingerprint density at radius 1 is 1.03 bits per heavy atom. The summed E-state index contributed by atoms with van der Waals surface area (Å²) in [7, 11) is 0. The van der Waals surface area contributed by atoms with Gasteiger partial charge in [0.15, 0.2) is 0 Å². The summed E-state index contributed by atoms with van der Waals surface area (Å²) in [5, 5.41) is 3.71. The largest absolute Gasteiger partial charge is 0.489 e. The molecule has 1 unspecified atom stereocenters. The van der Waals surface area contributed by atoms with Gasteiger partial charge in [0.25, 0.3) is 0 Å². The molecule has 4 rings (SSSR count). The Balaban J connectivity index is 0.00000253. The number of hydrogen-bond acceptors (Lipinski definition) is 5. The highest BCUT2D eigenvalue weighted by molar-refractivity contribution is 5.87. The van der Waals surface area contributed by atoms with Gasteiger partial charge in [0.05, 0.1) is 6.61 Å². The number of benzene rings is 2. The molecule has 0 saturated heterocycles. The van der Waals surface area contributed by atoms with Crippen LogP contribution in [0.15, 0.2) is 60.7 Å². The van der Waals surface area contributed by atoms with Crippen LogP contribution < -0.4 is 10.1 Å². The van der Waals surface area contributed by atoms with E-state index in [1.165, 1.54) is 22.3 Å². The van der Waals surface area contributed by atoms with E-state index < -0.39 is 0 Å². The first-order valence-corrected chi connectivity index (χ1v) is 13.1. The summed E-state index contributed by atoms with van der Waals surface area (Å²) in [6, 6.07) is 21.1. The number of nitrogens with zero attached hydrogens (tertiary/aromatic N) is 1. The van der Waals surface area contributed by atoms with E-state index in [1.807, 2.05) is 19.1 Å². The monoisotopic (exact) mass is 558 g/mol. The average Bonchev–Trinajstić information content (AvgIpc) is 2.88. The van der Waals surface area contributed by atoms with Crippen LogP contribution in [0, 0.1) is 0 Å². The minimum Gasteiger partial charge on any atom is -0.489 e. The number of carbonyl (C=O) groups is 1. The molecule has 1 heterocycles. The molecule has 1 aliphatic rings. The average molecular weight is 560 g/mol. The topological polar surface area (TPSA) is 60.5 Å². The number of aromatic nitrogens is 1. The molecule has 5 nitrogen and oxygen atoms in total. The Labute approximate surface area is 239 Å². The Morgan fingerprint density at radius 2 is 1.76 bits per heavy atom. The van der Waals surface area contributed by atoms with E-state index in [-0.39, 0.29) is 42.2 Å². The predicted octanol–water partition coefficient (Wildman–Crippen LogP) is 7.19. The molecule has 1 atom stereocenters. The second-order valence-corrected chi connectivity index (χ2v) is 10.4. The molecular formula is C31H40Cl2N2O3. The van der Waals surface area contributed by atoms with Crippen molar-refractivity contribution < 1.29 is 14.3 Å². The van der Waals surface area contributed by atoms with Gasteiger partial charge in [-0.3, -0.25) is 0 Å². The number of ether oxygens (including phenoxy) is 2. The van der Waals surface area contributed by atoms with E-state index >= 15 is 0 Å². The van der Waals surface area contributed by atoms with Crippen molar-refractivity contribution in [1.29, 1.82) is 0 Å². The first-order chi connectivity index (χ1) is 17.3. The molecule has 7 heteroatoms. The van der Waals surface area contributed by atoms with Gasteiger partial charge in [0, 0.05) is 11.7 Å². The Morgan fingerprint density at radius 3 is 2.47 bits per heavy atom. The van der Waals surface area contributed by atoms with E-state index in [1.54, 1.807) is 6.07 Å². The lowest BCUT2D eigenvalue weighted by atomic mass is 9.87. The molecule has 0 bridgehead atoms. The van der Waals surface area contributed by atoms with Gasteiger partial charge in [-0.15, -0.1) is 24.8 Å². The third kappa shape index (κ3) is 8.20. The van der Waals surface area contributed by atoms with Crippen LogP contribution in [0.25, 0.3) is 0 Å². The number of carbonyl (C=O) groups excluding carboxylic acids is 1. The maximum absolute atomic E-state index is 12.1. The van der Waals surface area contributed by atoms with Gasteiger partial charge < -0.3 is 14.8 Å². The fraction of sp³-hybridized carbons (Fsp3) is 0.419. The highest BCUT2D eigenvalue weighted by atomic mass is 35.5. The van der Waals surface area contributed by atoms with Crippen molar-refractivity contribution in [3.05, 3.63) is 94.3 Å². The summed E-state index contributed by atoms with van der Waals surface area (Å²) in [5.41, 5.74) is 6.44. The number of hydrogen-bond donors (Lipinski definition) is 1. The minimum absolute atomic E-state index is 0. The van der Waals surface area contributed by atoms with Crippen molar-refractivity contribution in [2.45, 2.75) is 71.4 Å². The zero-order chi connectivity index (χ0) is 25.5. The second-order valence-electron chi connectivity index (χ2n) is 10.4. The molecule has 3 aromatic rings. The first kappa shape index (κ1) is 31.6. The standard InChI is InChI=1S/C31H38N2O3.2ClH/c1-5-35-30(34)28-18-17-25-26(10-8-11-27(25)33-28)32-20-19-23-9-6-7-12-29(23)36-21-22-13-15-24(16-14-22)31(2,3)4;;/h6-7,9,12-18,26,32H,5,8,10-11,19-21H2,1-4H3;2*1H. The lowest BCUT2D eigenvalue weighted by molar-refractivity contribution is 0.0519. The number of fused-ring (bicyclic) bond motifs is 1. The highest BCUT2D eigenvalue weighted by Crippen LogP contribution is 2.29. The van der Waals surface area contributed by atoms with Gasteiger partial charge in [-0.1, -0.05) is 69.3 Å². The third-order valence-electron chi connectivity index (χ3n) is 6.75. The van der Waals surface area contributed by atoms with Crippen LogP contribution >= 0.6 is 24.8 Å². The molecule has 0 amide bonds. The molecule has 1 N–H and O–H groups in total. The van der Waals surface area contributed by atoms with Gasteiger partial charge in [0.1, 0.15) is 18.1 Å². The SMILES string of the molecule is CCOC(=O)c1ccc2c(n1)CCCC2NCCc1ccccc1OCc1ccc(C(C)(C)C)cc1.Cl.Cl. The molecule has 0 fully saturated rings. The van der Waals surface area contributed by atoms with E-state index in [9.17, 15) is 4.79 Å². The van der Waals surface area contributed by atoms with Crippen LogP contribution in [0.3, 0.4) is 0 Å².